The van der Waals surface area contributed by atoms with Crippen molar-refractivity contribution < 1.29 is 38.6 Å². The molecule has 14 heteroatoms. The Kier molecular flexibility index (Phi) is 13.9. The highest BCUT2D eigenvalue weighted by molar-refractivity contribution is 5.95. The Morgan fingerprint density at radius 1 is 0.780 bits per heavy atom. The van der Waals surface area contributed by atoms with E-state index in [4.69, 9.17) is 10.5 Å². The van der Waals surface area contributed by atoms with Crippen molar-refractivity contribution in [3.63, 3.8) is 0 Å². The van der Waals surface area contributed by atoms with Crippen LogP contribution in [-0.4, -0.2) is 75.6 Å². The summed E-state index contributed by atoms with van der Waals surface area (Å²) in [4.78, 5) is 80.5. The van der Waals surface area contributed by atoms with Gasteiger partial charge >= 0.3 is 12.1 Å². The topological polar surface area (TPSA) is 222 Å². The fourth-order valence-corrected chi connectivity index (χ4v) is 5.43. The maximum atomic E-state index is 13.8. The molecule has 3 aromatic rings. The number of nitrogens with one attached hydrogen (secondary N) is 5. The zero-order valence-electron chi connectivity index (χ0n) is 29.1. The maximum Gasteiger partial charge on any atom is 0.408 e. The molecule has 50 heavy (non-hydrogen) atoms. The van der Waals surface area contributed by atoms with Crippen molar-refractivity contribution >= 4 is 46.6 Å². The van der Waals surface area contributed by atoms with Gasteiger partial charge < -0.3 is 41.8 Å². The van der Waals surface area contributed by atoms with Crippen LogP contribution in [0.15, 0.2) is 60.8 Å². The smallest absolute Gasteiger partial charge is 0.408 e. The number of aliphatic carboxylic acids is 1. The second kappa shape index (κ2) is 17.8. The van der Waals surface area contributed by atoms with Crippen LogP contribution in [0.1, 0.15) is 65.0 Å². The SMILES string of the molecule is CC(C)C[C@H](NC(=O)[C@H](Cc1c[nH]c2ccccc12)NC(=O)OC(C)(C)C)C(=O)N[C@@H](CC(=O)O)C(=O)N[C@H](CC(N)=O)Cc1ccccc1. The Morgan fingerprint density at radius 3 is 2.00 bits per heavy atom. The Hall–Kier alpha value is -5.40. The normalized spacial score (nSPS) is 13.8. The number of hydrogen-bond acceptors (Lipinski definition) is 7. The summed E-state index contributed by atoms with van der Waals surface area (Å²) in [6.45, 7) is 8.71. The fraction of sp³-hybridized carbons (Fsp3) is 0.444. The largest absolute Gasteiger partial charge is 0.481 e. The third-order valence-corrected chi connectivity index (χ3v) is 7.58. The van der Waals surface area contributed by atoms with E-state index in [0.29, 0.717) is 0 Å². The molecule has 0 bridgehead atoms. The van der Waals surface area contributed by atoms with Gasteiger partial charge in [-0.1, -0.05) is 62.4 Å². The number of rotatable bonds is 17. The molecule has 0 radical (unpaired) electrons. The summed E-state index contributed by atoms with van der Waals surface area (Å²) in [6.07, 6.45) is 0.333. The summed E-state index contributed by atoms with van der Waals surface area (Å²) in [7, 11) is 0. The van der Waals surface area contributed by atoms with E-state index >= 15 is 0 Å². The number of amides is 5. The monoisotopic (exact) mass is 692 g/mol. The van der Waals surface area contributed by atoms with E-state index in [9.17, 15) is 33.9 Å². The summed E-state index contributed by atoms with van der Waals surface area (Å²) in [5.74, 6) is -4.47. The van der Waals surface area contributed by atoms with E-state index in [0.717, 1.165) is 22.0 Å². The van der Waals surface area contributed by atoms with E-state index in [1.54, 1.807) is 51.2 Å². The molecule has 0 aliphatic rings. The summed E-state index contributed by atoms with van der Waals surface area (Å²) < 4.78 is 5.40. The number of carboxylic acids is 1. The molecule has 0 spiro atoms. The second-order valence-electron chi connectivity index (χ2n) is 13.7. The Balaban J connectivity index is 1.83. The first-order valence-electron chi connectivity index (χ1n) is 16.5. The van der Waals surface area contributed by atoms with E-state index < -0.39 is 71.9 Å². The van der Waals surface area contributed by atoms with Gasteiger partial charge in [0, 0.05) is 36.0 Å². The highest BCUT2D eigenvalue weighted by Crippen LogP contribution is 2.20. The molecule has 270 valence electrons. The zero-order chi connectivity index (χ0) is 37.0. The van der Waals surface area contributed by atoms with Crippen molar-refractivity contribution in [2.75, 3.05) is 0 Å². The van der Waals surface area contributed by atoms with E-state index in [2.05, 4.69) is 26.3 Å². The minimum absolute atomic E-state index is 0.0534. The van der Waals surface area contributed by atoms with Gasteiger partial charge in [0.2, 0.25) is 23.6 Å². The lowest BCUT2D eigenvalue weighted by Crippen LogP contribution is -2.58. The van der Waals surface area contributed by atoms with Crippen LogP contribution < -0.4 is 27.0 Å². The predicted molar refractivity (Wildman–Crippen MR) is 187 cm³/mol. The number of primary amides is 1. The fourth-order valence-electron chi connectivity index (χ4n) is 5.43. The lowest BCUT2D eigenvalue weighted by molar-refractivity contribution is -0.141. The number of carboxylic acid groups (broad SMARTS) is 1. The summed E-state index contributed by atoms with van der Waals surface area (Å²) in [5, 5.41) is 20.9. The number of aromatic amines is 1. The number of aromatic nitrogens is 1. The van der Waals surface area contributed by atoms with Crippen LogP contribution in [0.25, 0.3) is 10.9 Å². The average molecular weight is 693 g/mol. The van der Waals surface area contributed by atoms with Gasteiger partial charge in [-0.15, -0.1) is 0 Å². The Bertz CT molecular complexity index is 1650. The van der Waals surface area contributed by atoms with E-state index in [1.807, 2.05) is 44.2 Å². The highest BCUT2D eigenvalue weighted by atomic mass is 16.6. The van der Waals surface area contributed by atoms with Crippen molar-refractivity contribution in [1.82, 2.24) is 26.3 Å². The first kappa shape index (κ1) is 39.0. The third-order valence-electron chi connectivity index (χ3n) is 7.58. The molecule has 0 fully saturated rings. The first-order chi connectivity index (χ1) is 23.5. The molecular formula is C36H48N6O8. The molecule has 5 amide bonds. The second-order valence-corrected chi connectivity index (χ2v) is 13.7. The molecule has 4 atom stereocenters. The van der Waals surface area contributed by atoms with Crippen LogP contribution in [0.2, 0.25) is 0 Å². The number of fused-ring (bicyclic) bond motifs is 1. The number of ether oxygens (including phenoxy) is 1. The summed E-state index contributed by atoms with van der Waals surface area (Å²) in [5.41, 5.74) is 6.95. The third kappa shape index (κ3) is 12.9. The maximum absolute atomic E-state index is 13.8. The van der Waals surface area contributed by atoms with Gasteiger partial charge in [0.25, 0.3) is 0 Å². The summed E-state index contributed by atoms with van der Waals surface area (Å²) >= 11 is 0. The molecular weight excluding hydrogens is 644 g/mol. The van der Waals surface area contributed by atoms with Crippen LogP contribution in [0, 0.1) is 5.92 Å². The van der Waals surface area contributed by atoms with Gasteiger partial charge in [0.1, 0.15) is 23.7 Å². The minimum Gasteiger partial charge on any atom is -0.481 e. The predicted octanol–water partition coefficient (Wildman–Crippen LogP) is 2.70. The molecule has 2 aromatic carbocycles. The molecule has 0 saturated heterocycles. The van der Waals surface area contributed by atoms with E-state index in [1.165, 1.54) is 0 Å². The number of hydrogen-bond donors (Lipinski definition) is 7. The van der Waals surface area contributed by atoms with Crippen LogP contribution in [0.5, 0.6) is 0 Å². The molecule has 3 rings (SSSR count). The van der Waals surface area contributed by atoms with Crippen molar-refractivity contribution in [2.45, 2.75) is 96.5 Å². The zero-order valence-corrected chi connectivity index (χ0v) is 29.1. The molecule has 1 heterocycles. The average Bonchev–Trinajstić information content (AvgIpc) is 3.41. The molecule has 14 nitrogen and oxygen atoms in total. The number of carbonyl (C=O) groups is 6. The standard InChI is InChI=1S/C36H48N6O8/c1-21(2)15-27(33(47)41-29(19-31(44)45)32(46)39-24(18-30(37)43)16-22-11-7-6-8-12-22)40-34(48)28(42-35(49)50-36(3,4)5)17-23-20-38-26-14-10-9-13-25(23)26/h6-14,20-21,24,27-29,38H,15-19H2,1-5H3,(H2,37,43)(H,39,46)(H,40,48)(H,41,47)(H,42,49)(H,44,45)/t24-,27-,28-,29-/m0/s1. The van der Waals surface area contributed by atoms with Gasteiger partial charge in [-0.3, -0.25) is 24.0 Å². The van der Waals surface area contributed by atoms with Crippen molar-refractivity contribution in [3.05, 3.63) is 71.9 Å². The van der Waals surface area contributed by atoms with Gasteiger partial charge in [-0.05, 0) is 56.7 Å². The molecule has 0 aliphatic carbocycles. The van der Waals surface area contributed by atoms with Gasteiger partial charge in [-0.25, -0.2) is 4.79 Å². The molecule has 8 N–H and O–H groups in total. The van der Waals surface area contributed by atoms with Crippen LogP contribution in [-0.2, 0) is 41.6 Å². The lowest BCUT2D eigenvalue weighted by atomic mass is 10.00. The number of para-hydroxylation sites is 1. The lowest BCUT2D eigenvalue weighted by Gasteiger charge is -2.27. The number of nitrogens with two attached hydrogens (primary N) is 1. The highest BCUT2D eigenvalue weighted by Gasteiger charge is 2.33. The molecule has 0 unspecified atom stereocenters. The Morgan fingerprint density at radius 2 is 1.38 bits per heavy atom. The van der Waals surface area contributed by atoms with Crippen LogP contribution in [0.3, 0.4) is 0 Å². The molecule has 0 saturated carbocycles. The number of carbonyl (C=O) groups excluding carboxylic acids is 5. The molecule has 1 aromatic heterocycles. The van der Waals surface area contributed by atoms with Crippen molar-refractivity contribution in [2.24, 2.45) is 11.7 Å². The minimum atomic E-state index is -1.54. The summed E-state index contributed by atoms with van der Waals surface area (Å²) in [6, 6.07) is 11.8. The first-order valence-corrected chi connectivity index (χ1v) is 16.5. The van der Waals surface area contributed by atoms with Crippen molar-refractivity contribution in [1.29, 1.82) is 0 Å². The van der Waals surface area contributed by atoms with E-state index in [-0.39, 0.29) is 31.6 Å². The van der Waals surface area contributed by atoms with Crippen molar-refractivity contribution in [3.8, 4) is 0 Å². The van der Waals surface area contributed by atoms with Gasteiger partial charge in [0.15, 0.2) is 0 Å². The number of H-pyrrole nitrogens is 1. The number of benzene rings is 2. The quantitative estimate of drug-likeness (QED) is 0.111. The van der Waals surface area contributed by atoms with Crippen LogP contribution >= 0.6 is 0 Å². The number of alkyl carbamates (subject to hydrolysis) is 1. The molecule has 0 aliphatic heterocycles. The van der Waals surface area contributed by atoms with Crippen LogP contribution in [0.4, 0.5) is 4.79 Å². The van der Waals surface area contributed by atoms with Gasteiger partial charge in [-0.2, -0.15) is 0 Å². The van der Waals surface area contributed by atoms with Gasteiger partial charge in [0.05, 0.1) is 6.42 Å². The Labute approximate surface area is 291 Å².